The van der Waals surface area contributed by atoms with Crippen LogP contribution < -0.4 is 5.32 Å². The summed E-state index contributed by atoms with van der Waals surface area (Å²) < 4.78 is 0. The third kappa shape index (κ3) is 2.54. The molecular weight excluding hydrogens is 218 g/mol. The van der Waals surface area contributed by atoms with Crippen molar-refractivity contribution < 1.29 is 9.90 Å². The average Bonchev–Trinajstić information content (AvgIpc) is 2.29. The van der Waals surface area contributed by atoms with Crippen molar-refractivity contribution >= 4 is 11.8 Å². The lowest BCUT2D eigenvalue weighted by Crippen LogP contribution is -2.36. The van der Waals surface area contributed by atoms with Crippen molar-refractivity contribution in [2.24, 2.45) is 5.41 Å². The normalized spacial score (nSPS) is 17.2. The molecular formula is C12H17N3O2. The molecule has 2 rings (SSSR count). The summed E-state index contributed by atoms with van der Waals surface area (Å²) in [5.41, 5.74) is 0.386. The van der Waals surface area contributed by atoms with E-state index in [1.165, 1.54) is 31.7 Å². The molecule has 0 unspecified atom stereocenters. The minimum atomic E-state index is -1.05. The van der Waals surface area contributed by atoms with Crippen molar-refractivity contribution in [3.63, 3.8) is 0 Å². The molecule has 0 bridgehead atoms. The molecule has 0 aliphatic heterocycles. The lowest BCUT2D eigenvalue weighted by atomic mass is 9.67. The molecule has 5 heteroatoms. The highest BCUT2D eigenvalue weighted by atomic mass is 16.4. The molecule has 92 valence electrons. The van der Waals surface area contributed by atoms with Gasteiger partial charge in [0.15, 0.2) is 5.69 Å². The van der Waals surface area contributed by atoms with Gasteiger partial charge < -0.3 is 10.4 Å². The summed E-state index contributed by atoms with van der Waals surface area (Å²) >= 11 is 0. The molecule has 1 aliphatic rings. The summed E-state index contributed by atoms with van der Waals surface area (Å²) in [5.74, 6) is -0.400. The van der Waals surface area contributed by atoms with Gasteiger partial charge in [0.25, 0.3) is 0 Å². The van der Waals surface area contributed by atoms with Crippen molar-refractivity contribution in [3.05, 3.63) is 17.8 Å². The molecule has 0 spiro atoms. The second-order valence-corrected chi connectivity index (χ2v) is 4.67. The van der Waals surface area contributed by atoms with Crippen molar-refractivity contribution in [2.45, 2.75) is 32.6 Å². The van der Waals surface area contributed by atoms with Gasteiger partial charge in [0.2, 0.25) is 0 Å². The molecule has 5 nitrogen and oxygen atoms in total. The first-order chi connectivity index (χ1) is 8.15. The molecule has 1 saturated carbocycles. The van der Waals surface area contributed by atoms with Gasteiger partial charge in [-0.05, 0) is 36.8 Å². The first kappa shape index (κ1) is 11.8. The fraction of sp³-hybridized carbons (Fsp3) is 0.583. The summed E-state index contributed by atoms with van der Waals surface area (Å²) in [4.78, 5) is 10.6. The SMILES string of the molecule is CCC1(CNc2ccc(C(=O)O)nn2)CCC1. The third-order valence-electron chi connectivity index (χ3n) is 3.69. The number of nitrogens with zero attached hydrogens (tertiary/aromatic N) is 2. The van der Waals surface area contributed by atoms with E-state index in [4.69, 9.17) is 5.11 Å². The van der Waals surface area contributed by atoms with E-state index < -0.39 is 5.97 Å². The number of carbonyl (C=O) groups is 1. The molecule has 17 heavy (non-hydrogen) atoms. The fourth-order valence-electron chi connectivity index (χ4n) is 2.15. The van der Waals surface area contributed by atoms with Crippen LogP contribution in [0.25, 0.3) is 0 Å². The Kier molecular flexibility index (Phi) is 3.26. The topological polar surface area (TPSA) is 75.1 Å². The van der Waals surface area contributed by atoms with Crippen molar-refractivity contribution in [1.29, 1.82) is 0 Å². The van der Waals surface area contributed by atoms with E-state index in [9.17, 15) is 4.79 Å². The number of anilines is 1. The minimum Gasteiger partial charge on any atom is -0.476 e. The number of rotatable bonds is 5. The standard InChI is InChI=1S/C12H17N3O2/c1-2-12(6-3-7-12)8-13-10-5-4-9(11(16)17)14-15-10/h4-5H,2-3,6-8H2,1H3,(H,13,15)(H,16,17). The molecule has 1 heterocycles. The first-order valence-corrected chi connectivity index (χ1v) is 5.96. The van der Waals surface area contributed by atoms with Gasteiger partial charge in [-0.15, -0.1) is 10.2 Å². The fourth-order valence-corrected chi connectivity index (χ4v) is 2.15. The van der Waals surface area contributed by atoms with Crippen molar-refractivity contribution in [3.8, 4) is 0 Å². The van der Waals surface area contributed by atoms with Crippen LogP contribution in [0.1, 0.15) is 43.1 Å². The van der Waals surface area contributed by atoms with Gasteiger partial charge in [0.05, 0.1) is 0 Å². The Morgan fingerprint density at radius 1 is 1.47 bits per heavy atom. The van der Waals surface area contributed by atoms with E-state index in [-0.39, 0.29) is 5.69 Å². The predicted molar refractivity (Wildman–Crippen MR) is 64.1 cm³/mol. The summed E-state index contributed by atoms with van der Waals surface area (Å²) in [7, 11) is 0. The van der Waals surface area contributed by atoms with Crippen molar-refractivity contribution in [1.82, 2.24) is 10.2 Å². The monoisotopic (exact) mass is 235 g/mol. The van der Waals surface area contributed by atoms with E-state index in [2.05, 4.69) is 22.4 Å². The molecule has 0 saturated heterocycles. The van der Waals surface area contributed by atoms with Gasteiger partial charge in [-0.1, -0.05) is 13.3 Å². The number of carboxylic acid groups (broad SMARTS) is 1. The molecule has 1 aliphatic carbocycles. The zero-order valence-corrected chi connectivity index (χ0v) is 9.94. The van der Waals surface area contributed by atoms with Gasteiger partial charge in [0.1, 0.15) is 5.82 Å². The van der Waals surface area contributed by atoms with Crippen LogP contribution in [0.3, 0.4) is 0 Å². The van der Waals surface area contributed by atoms with Gasteiger partial charge in [-0.25, -0.2) is 4.79 Å². The summed E-state index contributed by atoms with van der Waals surface area (Å²) in [6.07, 6.45) is 4.99. The average molecular weight is 235 g/mol. The highest BCUT2D eigenvalue weighted by Crippen LogP contribution is 2.43. The number of hydrogen-bond acceptors (Lipinski definition) is 4. The largest absolute Gasteiger partial charge is 0.476 e. The number of hydrogen-bond donors (Lipinski definition) is 2. The van der Waals surface area contributed by atoms with E-state index in [1.54, 1.807) is 6.07 Å². The molecule has 1 fully saturated rings. The van der Waals surface area contributed by atoms with E-state index in [1.807, 2.05) is 0 Å². The second-order valence-electron chi connectivity index (χ2n) is 4.67. The predicted octanol–water partition coefficient (Wildman–Crippen LogP) is 2.17. The van der Waals surface area contributed by atoms with Crippen molar-refractivity contribution in [2.75, 3.05) is 11.9 Å². The van der Waals surface area contributed by atoms with Crippen LogP contribution in [0.2, 0.25) is 0 Å². The molecule has 1 aromatic heterocycles. The summed E-state index contributed by atoms with van der Waals surface area (Å²) in [6.45, 7) is 3.10. The van der Waals surface area contributed by atoms with Crippen LogP contribution in [0, 0.1) is 5.41 Å². The smallest absolute Gasteiger partial charge is 0.356 e. The Balaban J connectivity index is 1.93. The van der Waals surface area contributed by atoms with Gasteiger partial charge >= 0.3 is 5.97 Å². The Bertz CT molecular complexity index is 393. The maximum absolute atomic E-state index is 10.6. The maximum Gasteiger partial charge on any atom is 0.356 e. The first-order valence-electron chi connectivity index (χ1n) is 5.96. The van der Waals surface area contributed by atoms with E-state index in [0.717, 1.165) is 6.54 Å². The molecule has 0 radical (unpaired) electrons. The van der Waals surface area contributed by atoms with Gasteiger partial charge in [-0.3, -0.25) is 0 Å². The molecule has 2 N–H and O–H groups in total. The zero-order valence-electron chi connectivity index (χ0n) is 9.94. The summed E-state index contributed by atoms with van der Waals surface area (Å²) in [5, 5.41) is 19.4. The molecule has 0 amide bonds. The highest BCUT2D eigenvalue weighted by Gasteiger charge is 2.34. The quantitative estimate of drug-likeness (QED) is 0.818. The Morgan fingerprint density at radius 2 is 2.24 bits per heavy atom. The zero-order chi connectivity index (χ0) is 12.3. The maximum atomic E-state index is 10.6. The molecule has 1 aromatic rings. The van der Waals surface area contributed by atoms with Crippen LogP contribution in [-0.4, -0.2) is 27.8 Å². The van der Waals surface area contributed by atoms with Crippen LogP contribution >= 0.6 is 0 Å². The Labute approximate surface area is 100 Å². The van der Waals surface area contributed by atoms with Crippen LogP contribution in [0.4, 0.5) is 5.82 Å². The number of carboxylic acids is 1. The lowest BCUT2D eigenvalue weighted by molar-refractivity contribution is 0.0689. The van der Waals surface area contributed by atoms with E-state index in [0.29, 0.717) is 11.2 Å². The minimum absolute atomic E-state index is 0.0237. The van der Waals surface area contributed by atoms with E-state index >= 15 is 0 Å². The third-order valence-corrected chi connectivity index (χ3v) is 3.69. The highest BCUT2D eigenvalue weighted by molar-refractivity contribution is 5.85. The number of aromatic carboxylic acids is 1. The Hall–Kier alpha value is -1.65. The second kappa shape index (κ2) is 4.69. The van der Waals surface area contributed by atoms with Gasteiger partial charge in [-0.2, -0.15) is 0 Å². The van der Waals surface area contributed by atoms with Crippen LogP contribution in [0.5, 0.6) is 0 Å². The lowest BCUT2D eigenvalue weighted by Gasteiger charge is -2.41. The van der Waals surface area contributed by atoms with Crippen LogP contribution in [-0.2, 0) is 0 Å². The number of nitrogens with one attached hydrogen (secondary N) is 1. The number of aromatic nitrogens is 2. The van der Waals surface area contributed by atoms with Crippen LogP contribution in [0.15, 0.2) is 12.1 Å². The summed E-state index contributed by atoms with van der Waals surface area (Å²) in [6, 6.07) is 3.13. The molecule has 0 atom stereocenters. The Morgan fingerprint density at radius 3 is 2.65 bits per heavy atom. The molecule has 0 aromatic carbocycles. The van der Waals surface area contributed by atoms with Gasteiger partial charge in [0, 0.05) is 6.54 Å².